The molecule has 1 atom stereocenters. The third-order valence-corrected chi connectivity index (χ3v) is 5.29. The molecule has 0 radical (unpaired) electrons. The van der Waals surface area contributed by atoms with Crippen LogP contribution in [0.5, 0.6) is 0 Å². The Morgan fingerprint density at radius 2 is 2.18 bits per heavy atom. The van der Waals surface area contributed by atoms with E-state index in [-0.39, 0.29) is 11.0 Å². The van der Waals surface area contributed by atoms with E-state index in [1.165, 1.54) is 44.5 Å². The summed E-state index contributed by atoms with van der Waals surface area (Å²) in [6, 6.07) is 1.69. The standard InChI is InChI=1S/C14H19N5O2S/c15-7-11(9-4-2-1-3-5-9)18-13-10-6-12(19(20)21)22-14(10)17-8-16-13/h6,8-9,11H,1-5,7,15H2,(H,16,17,18). The van der Waals surface area contributed by atoms with E-state index in [4.69, 9.17) is 5.73 Å². The first kappa shape index (κ1) is 15.1. The summed E-state index contributed by atoms with van der Waals surface area (Å²) in [4.78, 5) is 19.6. The number of aromatic nitrogens is 2. The highest BCUT2D eigenvalue weighted by Gasteiger charge is 2.24. The Labute approximate surface area is 132 Å². The molecule has 1 fully saturated rings. The molecular weight excluding hydrogens is 302 g/mol. The van der Waals surface area contributed by atoms with E-state index in [1.54, 1.807) is 0 Å². The van der Waals surface area contributed by atoms with E-state index in [2.05, 4.69) is 15.3 Å². The summed E-state index contributed by atoms with van der Waals surface area (Å²) >= 11 is 1.07. The van der Waals surface area contributed by atoms with Crippen molar-refractivity contribution < 1.29 is 4.92 Å². The molecule has 118 valence electrons. The maximum Gasteiger partial charge on any atom is 0.326 e. The average molecular weight is 321 g/mol. The molecule has 7 nitrogen and oxygen atoms in total. The van der Waals surface area contributed by atoms with Crippen LogP contribution in [-0.4, -0.2) is 27.5 Å². The van der Waals surface area contributed by atoms with Crippen molar-refractivity contribution >= 4 is 32.4 Å². The number of nitrogens with zero attached hydrogens (tertiary/aromatic N) is 3. The van der Waals surface area contributed by atoms with Crippen molar-refractivity contribution in [1.29, 1.82) is 0 Å². The van der Waals surface area contributed by atoms with Crippen LogP contribution in [-0.2, 0) is 0 Å². The minimum absolute atomic E-state index is 0.0838. The number of hydrogen-bond donors (Lipinski definition) is 2. The van der Waals surface area contributed by atoms with Gasteiger partial charge in [-0.15, -0.1) is 0 Å². The van der Waals surface area contributed by atoms with Crippen LogP contribution in [0.1, 0.15) is 32.1 Å². The molecule has 0 aliphatic heterocycles. The number of nitro groups is 1. The summed E-state index contributed by atoms with van der Waals surface area (Å²) in [6.45, 7) is 0.530. The van der Waals surface area contributed by atoms with Gasteiger partial charge in [0.05, 0.1) is 10.3 Å². The summed E-state index contributed by atoms with van der Waals surface area (Å²) in [7, 11) is 0. The summed E-state index contributed by atoms with van der Waals surface area (Å²) in [5, 5.41) is 15.1. The highest BCUT2D eigenvalue weighted by Crippen LogP contribution is 2.34. The normalized spacial score (nSPS) is 17.5. The predicted molar refractivity (Wildman–Crippen MR) is 87.1 cm³/mol. The van der Waals surface area contributed by atoms with Crippen LogP contribution in [0.4, 0.5) is 10.8 Å². The van der Waals surface area contributed by atoms with E-state index in [1.807, 2.05) is 0 Å². The Morgan fingerprint density at radius 1 is 1.41 bits per heavy atom. The Kier molecular flexibility index (Phi) is 4.49. The smallest absolute Gasteiger partial charge is 0.326 e. The first-order valence-corrected chi connectivity index (χ1v) is 8.36. The number of nitrogens with two attached hydrogens (primary N) is 1. The molecule has 0 saturated heterocycles. The monoisotopic (exact) mass is 321 g/mol. The molecule has 1 saturated carbocycles. The Hall–Kier alpha value is -1.80. The second kappa shape index (κ2) is 6.53. The lowest BCUT2D eigenvalue weighted by atomic mass is 9.84. The van der Waals surface area contributed by atoms with E-state index in [0.29, 0.717) is 28.5 Å². The summed E-state index contributed by atoms with van der Waals surface area (Å²) in [5.41, 5.74) is 5.94. The molecule has 0 aromatic carbocycles. The first-order chi connectivity index (χ1) is 10.7. The number of rotatable bonds is 5. The SMILES string of the molecule is NCC(Nc1ncnc2sc([N+](=O)[O-])cc12)C1CCCCC1. The van der Waals surface area contributed by atoms with Crippen LogP contribution in [0.25, 0.3) is 10.2 Å². The van der Waals surface area contributed by atoms with E-state index in [0.717, 1.165) is 11.3 Å². The molecule has 0 spiro atoms. The molecule has 1 aliphatic rings. The van der Waals surface area contributed by atoms with Crippen molar-refractivity contribution in [3.8, 4) is 0 Å². The highest BCUT2D eigenvalue weighted by atomic mass is 32.1. The zero-order chi connectivity index (χ0) is 15.5. The van der Waals surface area contributed by atoms with Crippen molar-refractivity contribution in [2.75, 3.05) is 11.9 Å². The molecule has 2 aromatic heterocycles. The van der Waals surface area contributed by atoms with Gasteiger partial charge in [-0.1, -0.05) is 19.3 Å². The zero-order valence-corrected chi connectivity index (χ0v) is 13.0. The van der Waals surface area contributed by atoms with E-state index in [9.17, 15) is 10.1 Å². The molecule has 1 unspecified atom stereocenters. The fourth-order valence-electron chi connectivity index (χ4n) is 3.13. The fourth-order valence-corrected chi connectivity index (χ4v) is 3.94. The van der Waals surface area contributed by atoms with E-state index < -0.39 is 4.92 Å². The molecular formula is C14H19N5O2S. The van der Waals surface area contributed by atoms with Crippen molar-refractivity contribution in [2.45, 2.75) is 38.1 Å². The van der Waals surface area contributed by atoms with Crippen LogP contribution in [0.15, 0.2) is 12.4 Å². The molecule has 2 aromatic rings. The van der Waals surface area contributed by atoms with Crippen molar-refractivity contribution in [3.05, 3.63) is 22.5 Å². The summed E-state index contributed by atoms with van der Waals surface area (Å²) in [6.07, 6.45) is 7.57. The zero-order valence-electron chi connectivity index (χ0n) is 12.2. The summed E-state index contributed by atoms with van der Waals surface area (Å²) < 4.78 is 0. The average Bonchev–Trinajstić information content (AvgIpc) is 2.98. The Bertz CT molecular complexity index is 668. The topological polar surface area (TPSA) is 107 Å². The highest BCUT2D eigenvalue weighted by molar-refractivity contribution is 7.21. The molecule has 0 amide bonds. The molecule has 0 bridgehead atoms. The third-order valence-electron chi connectivity index (χ3n) is 4.29. The maximum absolute atomic E-state index is 10.9. The van der Waals surface area contributed by atoms with Crippen molar-refractivity contribution in [1.82, 2.24) is 9.97 Å². The van der Waals surface area contributed by atoms with Gasteiger partial charge in [-0.25, -0.2) is 9.97 Å². The molecule has 1 aliphatic carbocycles. The lowest BCUT2D eigenvalue weighted by Gasteiger charge is -2.30. The molecule has 2 heterocycles. The van der Waals surface area contributed by atoms with Gasteiger partial charge in [-0.05, 0) is 30.1 Å². The number of fused-ring (bicyclic) bond motifs is 1. The molecule has 3 N–H and O–H groups in total. The molecule has 3 rings (SSSR count). The number of hydrogen-bond acceptors (Lipinski definition) is 7. The lowest BCUT2D eigenvalue weighted by molar-refractivity contribution is -0.380. The minimum Gasteiger partial charge on any atom is -0.365 e. The lowest BCUT2D eigenvalue weighted by Crippen LogP contribution is -2.37. The van der Waals surface area contributed by atoms with Gasteiger partial charge in [0.15, 0.2) is 0 Å². The van der Waals surface area contributed by atoms with Crippen LogP contribution in [0, 0.1) is 16.0 Å². The quantitative estimate of drug-likeness (QED) is 0.647. The second-order valence-electron chi connectivity index (χ2n) is 5.67. The van der Waals surface area contributed by atoms with Gasteiger partial charge in [0.2, 0.25) is 0 Å². The van der Waals surface area contributed by atoms with Gasteiger partial charge in [0.1, 0.15) is 17.0 Å². The number of nitrogens with one attached hydrogen (secondary N) is 1. The molecule has 8 heteroatoms. The van der Waals surface area contributed by atoms with Crippen LogP contribution in [0.3, 0.4) is 0 Å². The van der Waals surface area contributed by atoms with Crippen LogP contribution < -0.4 is 11.1 Å². The van der Waals surface area contributed by atoms with Crippen LogP contribution >= 0.6 is 11.3 Å². The predicted octanol–water partition coefficient (Wildman–Crippen LogP) is 2.92. The molecule has 22 heavy (non-hydrogen) atoms. The van der Waals surface area contributed by atoms with Crippen molar-refractivity contribution in [3.63, 3.8) is 0 Å². The largest absolute Gasteiger partial charge is 0.365 e. The van der Waals surface area contributed by atoms with Gasteiger partial charge >= 0.3 is 5.00 Å². The number of thiophene rings is 1. The van der Waals surface area contributed by atoms with Gasteiger partial charge in [-0.3, -0.25) is 10.1 Å². The number of anilines is 1. The van der Waals surface area contributed by atoms with Gasteiger partial charge in [-0.2, -0.15) is 0 Å². The van der Waals surface area contributed by atoms with Gasteiger partial charge in [0, 0.05) is 18.7 Å². The van der Waals surface area contributed by atoms with Crippen LogP contribution in [0.2, 0.25) is 0 Å². The third kappa shape index (κ3) is 3.02. The van der Waals surface area contributed by atoms with Crippen molar-refractivity contribution in [2.24, 2.45) is 11.7 Å². The van der Waals surface area contributed by atoms with Gasteiger partial charge in [0.25, 0.3) is 0 Å². The second-order valence-corrected chi connectivity index (χ2v) is 6.68. The maximum atomic E-state index is 10.9. The Balaban J connectivity index is 1.86. The Morgan fingerprint density at radius 3 is 2.86 bits per heavy atom. The summed E-state index contributed by atoms with van der Waals surface area (Å²) in [5.74, 6) is 1.19. The van der Waals surface area contributed by atoms with E-state index >= 15 is 0 Å². The first-order valence-electron chi connectivity index (χ1n) is 7.54. The minimum atomic E-state index is -0.391. The van der Waals surface area contributed by atoms with Gasteiger partial charge < -0.3 is 11.1 Å². The fraction of sp³-hybridized carbons (Fsp3) is 0.571.